The second-order valence-corrected chi connectivity index (χ2v) is 5.23. The fraction of sp³-hybridized carbons (Fsp3) is 0.571. The van der Waals surface area contributed by atoms with E-state index in [-0.39, 0.29) is 6.10 Å². The number of allylic oxidation sites excluding steroid dienone is 5. The first-order chi connectivity index (χ1) is 7.74. The van der Waals surface area contributed by atoms with Crippen LogP contribution in [0.1, 0.15) is 32.1 Å². The molecule has 3 atom stereocenters. The molecule has 0 aliphatic heterocycles. The summed E-state index contributed by atoms with van der Waals surface area (Å²) < 4.78 is 0. The monoisotopic (exact) mass is 218 g/mol. The summed E-state index contributed by atoms with van der Waals surface area (Å²) >= 11 is 0. The van der Waals surface area contributed by atoms with Crippen molar-refractivity contribution in [2.24, 2.45) is 11.8 Å². The zero-order valence-electron chi connectivity index (χ0n) is 9.39. The predicted molar refractivity (Wildman–Crippen MR) is 62.9 cm³/mol. The first kappa shape index (κ1) is 10.2. The summed E-state index contributed by atoms with van der Waals surface area (Å²) in [5.74, 6) is 1.73. The normalized spacial score (nSPS) is 37.8. The molecule has 0 aromatic carbocycles. The minimum atomic E-state index is -0.134. The molecule has 2 heteroatoms. The van der Waals surface area contributed by atoms with Crippen LogP contribution in [0.2, 0.25) is 0 Å². The predicted octanol–water partition coefficient (Wildman–Crippen LogP) is 2.87. The van der Waals surface area contributed by atoms with Gasteiger partial charge >= 0.3 is 0 Å². The van der Waals surface area contributed by atoms with Crippen LogP contribution in [-0.2, 0) is 0 Å². The van der Waals surface area contributed by atoms with Gasteiger partial charge in [0.1, 0.15) is 0 Å². The molecule has 2 unspecified atom stereocenters. The Labute approximate surface area is 96.0 Å². The van der Waals surface area contributed by atoms with Crippen molar-refractivity contribution >= 4 is 0 Å². The molecule has 2 nitrogen and oxygen atoms in total. The fourth-order valence-corrected chi connectivity index (χ4v) is 3.38. The highest BCUT2D eigenvalue weighted by molar-refractivity contribution is 5.38. The van der Waals surface area contributed by atoms with Gasteiger partial charge in [-0.05, 0) is 49.2 Å². The summed E-state index contributed by atoms with van der Waals surface area (Å²) in [5.41, 5.74) is 2.70. The number of hydrogen-bond donors (Lipinski definition) is 2. The molecule has 2 N–H and O–H groups in total. The highest BCUT2D eigenvalue weighted by Crippen LogP contribution is 2.45. The Kier molecular flexibility index (Phi) is 2.40. The zero-order valence-corrected chi connectivity index (χ0v) is 9.39. The van der Waals surface area contributed by atoms with Gasteiger partial charge in [-0.3, -0.25) is 0 Å². The summed E-state index contributed by atoms with van der Waals surface area (Å²) in [6, 6.07) is 0. The third kappa shape index (κ3) is 1.61. The van der Waals surface area contributed by atoms with E-state index in [9.17, 15) is 10.2 Å². The molecule has 0 radical (unpaired) electrons. The van der Waals surface area contributed by atoms with Crippen LogP contribution in [0.25, 0.3) is 0 Å². The lowest BCUT2D eigenvalue weighted by molar-refractivity contribution is 0.124. The third-order valence-electron chi connectivity index (χ3n) is 4.21. The number of hydrogen-bond acceptors (Lipinski definition) is 2. The number of aliphatic hydroxyl groups is 2. The van der Waals surface area contributed by atoms with Crippen LogP contribution >= 0.6 is 0 Å². The molecular weight excluding hydrogens is 200 g/mol. The van der Waals surface area contributed by atoms with E-state index in [1.807, 2.05) is 6.08 Å². The van der Waals surface area contributed by atoms with Gasteiger partial charge in [-0.1, -0.05) is 17.7 Å². The molecule has 3 rings (SSSR count). The van der Waals surface area contributed by atoms with Gasteiger partial charge in [0.05, 0.1) is 11.9 Å². The standard InChI is InChI=1S/C14H18O2/c15-11-3-5-13-9(7-11)1-2-10-8-12(16)4-6-14(10)13/h1-2,7,12-16H,3-6,8H2/t12-,13?,14?/m1/s1. The molecule has 0 amide bonds. The molecule has 0 bridgehead atoms. The molecule has 0 aromatic rings. The third-order valence-corrected chi connectivity index (χ3v) is 4.21. The second kappa shape index (κ2) is 3.77. The Bertz CT molecular complexity index is 390. The fourth-order valence-electron chi connectivity index (χ4n) is 3.38. The summed E-state index contributed by atoms with van der Waals surface area (Å²) in [5, 5.41) is 19.2. The van der Waals surface area contributed by atoms with Gasteiger partial charge in [0.15, 0.2) is 0 Å². The molecule has 1 saturated carbocycles. The molecule has 0 heterocycles. The quantitative estimate of drug-likeness (QED) is 0.656. The van der Waals surface area contributed by atoms with Gasteiger partial charge in [0.2, 0.25) is 0 Å². The van der Waals surface area contributed by atoms with Crippen LogP contribution in [-0.4, -0.2) is 16.3 Å². The van der Waals surface area contributed by atoms with Crippen LogP contribution in [0.3, 0.4) is 0 Å². The lowest BCUT2D eigenvalue weighted by atomic mass is 9.67. The van der Waals surface area contributed by atoms with E-state index in [1.54, 1.807) is 0 Å². The van der Waals surface area contributed by atoms with E-state index in [0.717, 1.165) is 32.1 Å². The van der Waals surface area contributed by atoms with E-state index in [4.69, 9.17) is 0 Å². The molecule has 0 saturated heterocycles. The number of aliphatic hydroxyl groups excluding tert-OH is 2. The minimum absolute atomic E-state index is 0.134. The second-order valence-electron chi connectivity index (χ2n) is 5.23. The van der Waals surface area contributed by atoms with Crippen LogP contribution in [0.15, 0.2) is 35.1 Å². The number of rotatable bonds is 0. The first-order valence-corrected chi connectivity index (χ1v) is 6.22. The first-order valence-electron chi connectivity index (χ1n) is 6.22. The van der Waals surface area contributed by atoms with Gasteiger partial charge in [-0.15, -0.1) is 0 Å². The van der Waals surface area contributed by atoms with Crippen molar-refractivity contribution in [3.05, 3.63) is 35.1 Å². The van der Waals surface area contributed by atoms with E-state index >= 15 is 0 Å². The minimum Gasteiger partial charge on any atom is -0.512 e. The van der Waals surface area contributed by atoms with Crippen molar-refractivity contribution in [2.45, 2.75) is 38.2 Å². The van der Waals surface area contributed by atoms with E-state index < -0.39 is 0 Å². The highest BCUT2D eigenvalue weighted by atomic mass is 16.3. The van der Waals surface area contributed by atoms with E-state index in [2.05, 4.69) is 12.2 Å². The van der Waals surface area contributed by atoms with Gasteiger partial charge in [0.25, 0.3) is 0 Å². The molecule has 0 aromatic heterocycles. The van der Waals surface area contributed by atoms with Crippen molar-refractivity contribution < 1.29 is 10.2 Å². The van der Waals surface area contributed by atoms with Gasteiger partial charge in [0, 0.05) is 6.42 Å². The van der Waals surface area contributed by atoms with E-state index in [0.29, 0.717) is 17.6 Å². The summed E-state index contributed by atoms with van der Waals surface area (Å²) in [4.78, 5) is 0. The molecule has 1 fully saturated rings. The Morgan fingerprint density at radius 3 is 2.81 bits per heavy atom. The Morgan fingerprint density at radius 1 is 1.06 bits per heavy atom. The van der Waals surface area contributed by atoms with Crippen molar-refractivity contribution in [1.29, 1.82) is 0 Å². The van der Waals surface area contributed by atoms with Crippen LogP contribution in [0.5, 0.6) is 0 Å². The SMILES string of the molecule is OC1=CC2=CC=C3C[C@H](O)CCC3C2CC1. The van der Waals surface area contributed by atoms with Gasteiger partial charge in [-0.2, -0.15) is 0 Å². The van der Waals surface area contributed by atoms with Crippen molar-refractivity contribution in [3.63, 3.8) is 0 Å². The van der Waals surface area contributed by atoms with Crippen molar-refractivity contribution in [2.75, 3.05) is 0 Å². The van der Waals surface area contributed by atoms with Crippen LogP contribution < -0.4 is 0 Å². The number of fused-ring (bicyclic) bond motifs is 3. The van der Waals surface area contributed by atoms with E-state index in [1.165, 1.54) is 11.1 Å². The van der Waals surface area contributed by atoms with Crippen LogP contribution in [0, 0.1) is 11.8 Å². The molecule has 3 aliphatic carbocycles. The smallest absolute Gasteiger partial charge is 0.0925 e. The largest absolute Gasteiger partial charge is 0.512 e. The maximum absolute atomic E-state index is 9.67. The van der Waals surface area contributed by atoms with Crippen LogP contribution in [0.4, 0.5) is 0 Å². The molecule has 16 heavy (non-hydrogen) atoms. The average molecular weight is 218 g/mol. The van der Waals surface area contributed by atoms with Crippen molar-refractivity contribution in [1.82, 2.24) is 0 Å². The van der Waals surface area contributed by atoms with Gasteiger partial charge < -0.3 is 10.2 Å². The molecular formula is C14H18O2. The summed E-state index contributed by atoms with van der Waals surface area (Å²) in [6.07, 6.45) is 10.8. The summed E-state index contributed by atoms with van der Waals surface area (Å²) in [7, 11) is 0. The van der Waals surface area contributed by atoms with Crippen molar-refractivity contribution in [3.8, 4) is 0 Å². The Hall–Kier alpha value is -1.02. The zero-order chi connectivity index (χ0) is 11.1. The maximum Gasteiger partial charge on any atom is 0.0925 e. The maximum atomic E-state index is 9.67. The highest BCUT2D eigenvalue weighted by Gasteiger charge is 2.35. The lowest BCUT2D eigenvalue weighted by Crippen LogP contribution is -2.30. The topological polar surface area (TPSA) is 40.5 Å². The Balaban J connectivity index is 1.92. The summed E-state index contributed by atoms with van der Waals surface area (Å²) in [6.45, 7) is 0. The molecule has 3 aliphatic rings. The average Bonchev–Trinajstić information content (AvgIpc) is 2.28. The molecule has 86 valence electrons. The van der Waals surface area contributed by atoms with Gasteiger partial charge in [-0.25, -0.2) is 0 Å². The lowest BCUT2D eigenvalue weighted by Gasteiger charge is -2.39. The molecule has 0 spiro atoms. The Morgan fingerprint density at radius 2 is 1.94 bits per heavy atom.